The van der Waals surface area contributed by atoms with Gasteiger partial charge in [0.15, 0.2) is 0 Å². The van der Waals surface area contributed by atoms with Crippen LogP contribution in [0.4, 0.5) is 5.95 Å². The molecule has 0 saturated carbocycles. The molecule has 1 saturated heterocycles. The third-order valence-electron chi connectivity index (χ3n) is 2.14. The molecule has 1 aromatic rings. The van der Waals surface area contributed by atoms with Gasteiger partial charge in [-0.05, 0) is 18.5 Å². The van der Waals surface area contributed by atoms with E-state index in [0.717, 1.165) is 13.1 Å². The van der Waals surface area contributed by atoms with Crippen LogP contribution >= 0.6 is 11.6 Å². The smallest absolute Gasteiger partial charge is 0.322 e. The van der Waals surface area contributed by atoms with Crippen molar-refractivity contribution in [3.8, 4) is 6.01 Å². The van der Waals surface area contributed by atoms with Crippen LogP contribution in [0.2, 0.25) is 5.28 Å². The first-order chi connectivity index (χ1) is 7.79. The van der Waals surface area contributed by atoms with E-state index in [0.29, 0.717) is 25.8 Å². The highest BCUT2D eigenvalue weighted by Gasteiger charge is 2.16. The molecule has 1 aliphatic rings. The Labute approximate surface area is 98.6 Å². The Morgan fingerprint density at radius 3 is 2.75 bits per heavy atom. The molecule has 0 radical (unpaired) electrons. The average Bonchev–Trinajstić information content (AvgIpc) is 2.30. The Balaban J connectivity index is 2.18. The topological polar surface area (TPSA) is 60.4 Å². The first-order valence-electron chi connectivity index (χ1n) is 5.16. The van der Waals surface area contributed by atoms with E-state index in [4.69, 9.17) is 21.1 Å². The Hall–Kier alpha value is -1.14. The van der Waals surface area contributed by atoms with E-state index in [-0.39, 0.29) is 11.3 Å². The highest BCUT2D eigenvalue weighted by atomic mass is 35.5. The number of hydrogen-bond donors (Lipinski definition) is 0. The van der Waals surface area contributed by atoms with Gasteiger partial charge in [0.05, 0.1) is 19.8 Å². The Morgan fingerprint density at radius 1 is 1.31 bits per heavy atom. The zero-order valence-electron chi connectivity index (χ0n) is 9.02. The second kappa shape index (κ2) is 5.27. The number of aromatic nitrogens is 3. The van der Waals surface area contributed by atoms with Gasteiger partial charge in [0.2, 0.25) is 11.2 Å². The van der Waals surface area contributed by atoms with Crippen LogP contribution in [0.5, 0.6) is 6.01 Å². The molecule has 0 amide bonds. The van der Waals surface area contributed by atoms with Crippen molar-refractivity contribution in [2.45, 2.75) is 6.92 Å². The van der Waals surface area contributed by atoms with Crippen molar-refractivity contribution in [3.05, 3.63) is 5.28 Å². The van der Waals surface area contributed by atoms with E-state index in [1.807, 2.05) is 11.8 Å². The fourth-order valence-corrected chi connectivity index (χ4v) is 1.57. The number of ether oxygens (including phenoxy) is 2. The van der Waals surface area contributed by atoms with Crippen LogP contribution in [0.1, 0.15) is 6.92 Å². The van der Waals surface area contributed by atoms with Gasteiger partial charge in [-0.2, -0.15) is 15.0 Å². The van der Waals surface area contributed by atoms with Gasteiger partial charge >= 0.3 is 6.01 Å². The van der Waals surface area contributed by atoms with Gasteiger partial charge in [-0.3, -0.25) is 0 Å². The van der Waals surface area contributed by atoms with Crippen LogP contribution in [0.3, 0.4) is 0 Å². The lowest BCUT2D eigenvalue weighted by atomic mass is 10.4. The fraction of sp³-hybridized carbons (Fsp3) is 0.667. The normalized spacial score (nSPS) is 16.2. The Kier molecular flexibility index (Phi) is 3.74. The van der Waals surface area contributed by atoms with Crippen molar-refractivity contribution >= 4 is 17.5 Å². The molecule has 0 atom stereocenters. The molecule has 1 aromatic heterocycles. The van der Waals surface area contributed by atoms with Gasteiger partial charge in [0.25, 0.3) is 0 Å². The van der Waals surface area contributed by atoms with Crippen molar-refractivity contribution in [1.82, 2.24) is 15.0 Å². The number of hydrogen-bond acceptors (Lipinski definition) is 6. The summed E-state index contributed by atoms with van der Waals surface area (Å²) in [4.78, 5) is 14.1. The minimum Gasteiger partial charge on any atom is -0.464 e. The third kappa shape index (κ3) is 2.70. The maximum Gasteiger partial charge on any atom is 0.322 e. The maximum absolute atomic E-state index is 5.80. The summed E-state index contributed by atoms with van der Waals surface area (Å²) in [6, 6.07) is 0.268. The van der Waals surface area contributed by atoms with Gasteiger partial charge in [0.1, 0.15) is 0 Å². The van der Waals surface area contributed by atoms with Crippen molar-refractivity contribution in [2.24, 2.45) is 0 Å². The largest absolute Gasteiger partial charge is 0.464 e. The molecular formula is C9H13ClN4O2. The molecule has 1 aliphatic heterocycles. The predicted molar refractivity (Wildman–Crippen MR) is 59.0 cm³/mol. The van der Waals surface area contributed by atoms with E-state index in [9.17, 15) is 0 Å². The third-order valence-corrected chi connectivity index (χ3v) is 2.31. The van der Waals surface area contributed by atoms with Crippen LogP contribution in [0.15, 0.2) is 0 Å². The van der Waals surface area contributed by atoms with Gasteiger partial charge < -0.3 is 14.4 Å². The molecule has 0 spiro atoms. The summed E-state index contributed by atoms with van der Waals surface area (Å²) >= 11 is 5.80. The van der Waals surface area contributed by atoms with Crippen molar-refractivity contribution in [2.75, 3.05) is 37.8 Å². The minimum atomic E-state index is 0.153. The summed E-state index contributed by atoms with van der Waals surface area (Å²) in [5, 5.41) is 0.153. The molecule has 16 heavy (non-hydrogen) atoms. The lowest BCUT2D eigenvalue weighted by molar-refractivity contribution is 0.122. The summed E-state index contributed by atoms with van der Waals surface area (Å²) in [7, 11) is 0. The molecule has 7 heteroatoms. The molecule has 2 rings (SSSR count). The molecule has 0 bridgehead atoms. The van der Waals surface area contributed by atoms with Gasteiger partial charge in [-0.15, -0.1) is 0 Å². The molecule has 88 valence electrons. The fourth-order valence-electron chi connectivity index (χ4n) is 1.42. The number of nitrogens with zero attached hydrogens (tertiary/aromatic N) is 4. The zero-order chi connectivity index (χ0) is 11.4. The highest BCUT2D eigenvalue weighted by Crippen LogP contribution is 2.15. The maximum atomic E-state index is 5.80. The minimum absolute atomic E-state index is 0.153. The van der Waals surface area contributed by atoms with Gasteiger partial charge in [-0.1, -0.05) is 0 Å². The van der Waals surface area contributed by atoms with E-state index < -0.39 is 0 Å². The van der Waals surface area contributed by atoms with Crippen molar-refractivity contribution in [1.29, 1.82) is 0 Å². The number of halogens is 1. The summed E-state index contributed by atoms with van der Waals surface area (Å²) in [5.74, 6) is 0.548. The van der Waals surface area contributed by atoms with E-state index >= 15 is 0 Å². The quantitative estimate of drug-likeness (QED) is 0.783. The van der Waals surface area contributed by atoms with E-state index in [1.54, 1.807) is 0 Å². The average molecular weight is 245 g/mol. The van der Waals surface area contributed by atoms with Gasteiger partial charge in [-0.25, -0.2) is 0 Å². The molecular weight excluding hydrogens is 232 g/mol. The van der Waals surface area contributed by atoms with Crippen LogP contribution < -0.4 is 9.64 Å². The molecule has 6 nitrogen and oxygen atoms in total. The zero-order valence-corrected chi connectivity index (χ0v) is 9.77. The Morgan fingerprint density at radius 2 is 2.06 bits per heavy atom. The lowest BCUT2D eigenvalue weighted by Gasteiger charge is -2.26. The molecule has 1 fully saturated rings. The highest BCUT2D eigenvalue weighted by molar-refractivity contribution is 6.28. The molecule has 0 N–H and O–H groups in total. The summed E-state index contributed by atoms with van der Waals surface area (Å²) < 4.78 is 10.5. The van der Waals surface area contributed by atoms with Crippen LogP contribution in [-0.2, 0) is 4.74 Å². The molecule has 2 heterocycles. The van der Waals surface area contributed by atoms with E-state index in [1.165, 1.54) is 0 Å². The number of morpholine rings is 1. The monoisotopic (exact) mass is 244 g/mol. The summed E-state index contributed by atoms with van der Waals surface area (Å²) in [5.41, 5.74) is 0. The number of anilines is 1. The SMILES string of the molecule is CCOc1nc(Cl)nc(N2CCOCC2)n1. The molecule has 0 aromatic carbocycles. The van der Waals surface area contributed by atoms with Crippen LogP contribution in [0, 0.1) is 0 Å². The first kappa shape index (κ1) is 11.3. The van der Waals surface area contributed by atoms with Crippen LogP contribution in [0.25, 0.3) is 0 Å². The standard InChI is InChI=1S/C9H13ClN4O2/c1-2-16-9-12-7(10)11-8(13-9)14-3-5-15-6-4-14/h2-6H2,1H3. The summed E-state index contributed by atoms with van der Waals surface area (Å²) in [6.45, 7) is 5.23. The first-order valence-corrected chi connectivity index (χ1v) is 5.54. The van der Waals surface area contributed by atoms with Crippen molar-refractivity contribution in [3.63, 3.8) is 0 Å². The molecule has 0 unspecified atom stereocenters. The van der Waals surface area contributed by atoms with Crippen molar-refractivity contribution < 1.29 is 9.47 Å². The Bertz CT molecular complexity index is 357. The second-order valence-corrected chi connectivity index (χ2v) is 3.56. The number of rotatable bonds is 3. The van der Waals surface area contributed by atoms with E-state index in [2.05, 4.69) is 15.0 Å². The molecule has 0 aliphatic carbocycles. The second-order valence-electron chi connectivity index (χ2n) is 3.22. The van der Waals surface area contributed by atoms with Gasteiger partial charge in [0, 0.05) is 13.1 Å². The van der Waals surface area contributed by atoms with Crippen LogP contribution in [-0.4, -0.2) is 47.9 Å². The lowest BCUT2D eigenvalue weighted by Crippen LogP contribution is -2.37. The summed E-state index contributed by atoms with van der Waals surface area (Å²) in [6.07, 6.45) is 0. The predicted octanol–water partition coefficient (Wildman–Crippen LogP) is 0.760.